The highest BCUT2D eigenvalue weighted by atomic mass is 16.4. The third-order valence-electron chi connectivity index (χ3n) is 3.21. The van der Waals surface area contributed by atoms with Gasteiger partial charge in [-0.1, -0.05) is 13.8 Å². The third kappa shape index (κ3) is 4.40. The van der Waals surface area contributed by atoms with E-state index in [4.69, 9.17) is 5.11 Å². The van der Waals surface area contributed by atoms with Crippen LogP contribution in [-0.2, 0) is 11.3 Å². The van der Waals surface area contributed by atoms with Gasteiger partial charge in [0.25, 0.3) is 11.5 Å². The molecule has 0 radical (unpaired) electrons. The fraction of sp³-hybridized carbons (Fsp3) is 0.571. The van der Waals surface area contributed by atoms with Gasteiger partial charge in [0.05, 0.1) is 0 Å². The number of amides is 1. The van der Waals surface area contributed by atoms with E-state index >= 15 is 0 Å². The van der Waals surface area contributed by atoms with E-state index in [-0.39, 0.29) is 23.8 Å². The zero-order valence-electron chi connectivity index (χ0n) is 12.6. The van der Waals surface area contributed by atoms with Crippen LogP contribution in [0, 0.1) is 0 Å². The summed E-state index contributed by atoms with van der Waals surface area (Å²) >= 11 is 0. The van der Waals surface area contributed by atoms with Crippen LogP contribution in [-0.4, -0.2) is 44.3 Å². The Morgan fingerprint density at radius 1 is 1.38 bits per heavy atom. The van der Waals surface area contributed by atoms with Gasteiger partial charge in [-0.05, 0) is 25.8 Å². The maximum Gasteiger partial charge on any atom is 0.323 e. The van der Waals surface area contributed by atoms with Crippen molar-refractivity contribution in [1.82, 2.24) is 14.7 Å². The van der Waals surface area contributed by atoms with E-state index in [1.165, 1.54) is 21.7 Å². The zero-order valence-corrected chi connectivity index (χ0v) is 12.6. The van der Waals surface area contributed by atoms with Gasteiger partial charge in [-0.15, -0.1) is 0 Å². The zero-order chi connectivity index (χ0) is 16.0. The van der Waals surface area contributed by atoms with E-state index < -0.39 is 11.9 Å². The van der Waals surface area contributed by atoms with Crippen molar-refractivity contribution in [2.45, 2.75) is 46.2 Å². The van der Waals surface area contributed by atoms with Crippen LogP contribution in [0.3, 0.4) is 0 Å². The lowest BCUT2D eigenvalue weighted by Gasteiger charge is -2.26. The van der Waals surface area contributed by atoms with Crippen molar-refractivity contribution in [2.75, 3.05) is 6.54 Å². The molecule has 0 aromatic carbocycles. The number of aryl methyl sites for hydroxylation is 1. The number of aromatic nitrogens is 2. The van der Waals surface area contributed by atoms with E-state index in [2.05, 4.69) is 5.10 Å². The van der Waals surface area contributed by atoms with Crippen LogP contribution in [0.1, 0.15) is 44.1 Å². The van der Waals surface area contributed by atoms with Crippen LogP contribution >= 0.6 is 0 Å². The Morgan fingerprint density at radius 2 is 2.05 bits per heavy atom. The topological polar surface area (TPSA) is 92.5 Å². The molecule has 1 rings (SSSR count). The van der Waals surface area contributed by atoms with Crippen LogP contribution in [0.15, 0.2) is 16.9 Å². The fourth-order valence-corrected chi connectivity index (χ4v) is 1.88. The lowest BCUT2D eigenvalue weighted by Crippen LogP contribution is -2.42. The average molecular weight is 295 g/mol. The molecule has 1 aromatic heterocycles. The largest absolute Gasteiger partial charge is 0.480 e. The Morgan fingerprint density at radius 3 is 2.57 bits per heavy atom. The number of carbonyl (C=O) groups excluding carboxylic acids is 1. The minimum atomic E-state index is -1.08. The molecule has 1 amide bonds. The van der Waals surface area contributed by atoms with Gasteiger partial charge in [0.2, 0.25) is 0 Å². The highest BCUT2D eigenvalue weighted by Crippen LogP contribution is 2.08. The predicted octanol–water partition coefficient (Wildman–Crippen LogP) is 0.979. The quantitative estimate of drug-likeness (QED) is 0.809. The molecule has 1 unspecified atom stereocenters. The second-order valence-electron chi connectivity index (χ2n) is 4.86. The van der Waals surface area contributed by atoms with Gasteiger partial charge >= 0.3 is 5.97 Å². The van der Waals surface area contributed by atoms with E-state index in [1.54, 1.807) is 6.92 Å². The molecule has 0 aliphatic heterocycles. The van der Waals surface area contributed by atoms with Gasteiger partial charge in [0.15, 0.2) is 0 Å². The summed E-state index contributed by atoms with van der Waals surface area (Å²) in [5.41, 5.74) is -0.189. The maximum atomic E-state index is 12.4. The molecule has 7 heteroatoms. The molecule has 0 saturated heterocycles. The van der Waals surface area contributed by atoms with Crippen molar-refractivity contribution in [3.8, 4) is 0 Å². The van der Waals surface area contributed by atoms with Crippen LogP contribution in [0.5, 0.6) is 0 Å². The Balaban J connectivity index is 3.11. The first-order chi connectivity index (χ1) is 9.90. The minimum absolute atomic E-state index is 0.0876. The molecule has 1 atom stereocenters. The Kier molecular flexibility index (Phi) is 6.08. The monoisotopic (exact) mass is 295 g/mol. The lowest BCUT2D eigenvalue weighted by atomic mass is 10.2. The Bertz CT molecular complexity index is 568. The summed E-state index contributed by atoms with van der Waals surface area (Å²) in [4.78, 5) is 36.2. The molecule has 0 aliphatic carbocycles. The molecular formula is C14H21N3O4. The summed E-state index contributed by atoms with van der Waals surface area (Å²) in [6.07, 6.45) is 1.35. The molecule has 7 nitrogen and oxygen atoms in total. The average Bonchev–Trinajstić information content (AvgIpc) is 2.45. The summed E-state index contributed by atoms with van der Waals surface area (Å²) in [7, 11) is 0. The van der Waals surface area contributed by atoms with Crippen molar-refractivity contribution in [2.24, 2.45) is 0 Å². The van der Waals surface area contributed by atoms with E-state index in [1.807, 2.05) is 13.8 Å². The van der Waals surface area contributed by atoms with E-state index in [9.17, 15) is 14.4 Å². The van der Waals surface area contributed by atoms with Crippen molar-refractivity contribution >= 4 is 11.9 Å². The normalized spacial score (nSPS) is 12.0. The predicted molar refractivity (Wildman–Crippen MR) is 77.2 cm³/mol. The molecule has 0 saturated carbocycles. The summed E-state index contributed by atoms with van der Waals surface area (Å²) in [6, 6.07) is 2.40. The highest BCUT2D eigenvalue weighted by molar-refractivity contribution is 5.94. The number of hydrogen-bond donors (Lipinski definition) is 1. The number of nitrogens with zero attached hydrogens (tertiary/aromatic N) is 3. The Hall–Kier alpha value is -2.18. The number of carboxylic acids is 1. The molecule has 1 aromatic rings. The summed E-state index contributed by atoms with van der Waals surface area (Å²) in [6.45, 7) is 5.59. The van der Waals surface area contributed by atoms with Gasteiger partial charge in [-0.25, -0.2) is 4.68 Å². The second kappa shape index (κ2) is 7.56. The van der Waals surface area contributed by atoms with E-state index in [0.717, 1.165) is 6.42 Å². The summed E-state index contributed by atoms with van der Waals surface area (Å²) in [5.74, 6) is -1.55. The second-order valence-corrected chi connectivity index (χ2v) is 4.86. The van der Waals surface area contributed by atoms with Crippen molar-refractivity contribution in [1.29, 1.82) is 0 Å². The lowest BCUT2D eigenvalue weighted by molar-refractivity contribution is -0.138. The van der Waals surface area contributed by atoms with Gasteiger partial charge < -0.3 is 10.0 Å². The molecule has 0 aliphatic rings. The van der Waals surface area contributed by atoms with Crippen LogP contribution in [0.25, 0.3) is 0 Å². The number of carbonyl (C=O) groups is 2. The van der Waals surface area contributed by atoms with Gasteiger partial charge in [0, 0.05) is 18.7 Å². The molecule has 0 bridgehead atoms. The molecule has 1 heterocycles. The van der Waals surface area contributed by atoms with Crippen LogP contribution in [0.2, 0.25) is 0 Å². The molecular weight excluding hydrogens is 274 g/mol. The van der Waals surface area contributed by atoms with Crippen LogP contribution < -0.4 is 5.56 Å². The fourth-order valence-electron chi connectivity index (χ4n) is 1.88. The number of hydrogen-bond acceptors (Lipinski definition) is 4. The summed E-state index contributed by atoms with van der Waals surface area (Å²) < 4.78 is 1.22. The molecule has 116 valence electrons. The first-order valence-corrected chi connectivity index (χ1v) is 7.01. The number of carboxylic acid groups (broad SMARTS) is 1. The summed E-state index contributed by atoms with van der Waals surface area (Å²) in [5, 5.41) is 13.0. The van der Waals surface area contributed by atoms with Crippen molar-refractivity contribution in [3.05, 3.63) is 28.2 Å². The Labute approximate surface area is 123 Å². The first-order valence-electron chi connectivity index (χ1n) is 7.01. The minimum Gasteiger partial charge on any atom is -0.480 e. The van der Waals surface area contributed by atoms with Crippen molar-refractivity contribution < 1.29 is 14.7 Å². The number of aliphatic carboxylic acids is 1. The first kappa shape index (κ1) is 16.9. The smallest absolute Gasteiger partial charge is 0.323 e. The molecule has 0 spiro atoms. The molecule has 21 heavy (non-hydrogen) atoms. The van der Waals surface area contributed by atoms with Crippen molar-refractivity contribution in [3.63, 3.8) is 0 Å². The molecule has 0 fully saturated rings. The van der Waals surface area contributed by atoms with Gasteiger partial charge in [0.1, 0.15) is 12.2 Å². The van der Waals surface area contributed by atoms with Gasteiger partial charge in [-0.3, -0.25) is 14.4 Å². The third-order valence-corrected chi connectivity index (χ3v) is 3.21. The highest BCUT2D eigenvalue weighted by Gasteiger charge is 2.24. The standard InChI is InChI=1S/C14H21N3O4/c1-4-8-17-12(18)7-6-11(15-17)14(21)16(9-13(19)20)10(3)5-2/h6-7,10H,4-5,8-9H2,1-3H3,(H,19,20). The van der Waals surface area contributed by atoms with Gasteiger partial charge in [-0.2, -0.15) is 5.10 Å². The SMILES string of the molecule is CCCn1nc(C(=O)N(CC(=O)O)C(C)CC)ccc1=O. The van der Waals surface area contributed by atoms with E-state index in [0.29, 0.717) is 13.0 Å². The maximum absolute atomic E-state index is 12.4. The molecule has 1 N–H and O–H groups in total. The number of rotatable bonds is 7. The van der Waals surface area contributed by atoms with Crippen LogP contribution in [0.4, 0.5) is 0 Å².